The summed E-state index contributed by atoms with van der Waals surface area (Å²) in [5.41, 5.74) is 2.82. The van der Waals surface area contributed by atoms with Gasteiger partial charge in [0.05, 0.1) is 6.61 Å². The van der Waals surface area contributed by atoms with Gasteiger partial charge in [0.15, 0.2) is 0 Å². The first-order valence-corrected chi connectivity index (χ1v) is 7.02. The minimum absolute atomic E-state index is 0.484. The van der Waals surface area contributed by atoms with E-state index in [9.17, 15) is 0 Å². The second kappa shape index (κ2) is 4.88. The molecule has 1 unspecified atom stereocenters. The van der Waals surface area contributed by atoms with E-state index < -0.39 is 0 Å². The van der Waals surface area contributed by atoms with Crippen LogP contribution in [0.3, 0.4) is 0 Å². The summed E-state index contributed by atoms with van der Waals surface area (Å²) in [4.78, 5) is 0.484. The Labute approximate surface area is 107 Å². The molecular formula is C12H14Br2O. The third-order valence-electron chi connectivity index (χ3n) is 2.74. The molecule has 0 radical (unpaired) electrons. The maximum atomic E-state index is 5.55. The zero-order valence-electron chi connectivity index (χ0n) is 8.72. The van der Waals surface area contributed by atoms with Crippen molar-refractivity contribution in [2.45, 2.75) is 31.0 Å². The highest BCUT2D eigenvalue weighted by Gasteiger charge is 2.20. The van der Waals surface area contributed by atoms with E-state index in [1.54, 1.807) is 0 Å². The molecule has 0 fully saturated rings. The van der Waals surface area contributed by atoms with E-state index in [0.717, 1.165) is 12.4 Å². The van der Waals surface area contributed by atoms with Gasteiger partial charge in [-0.1, -0.05) is 31.9 Å². The highest BCUT2D eigenvalue weighted by atomic mass is 79.9. The number of rotatable bonds is 2. The van der Waals surface area contributed by atoms with Gasteiger partial charge < -0.3 is 4.74 Å². The van der Waals surface area contributed by atoms with Crippen molar-refractivity contribution >= 4 is 31.9 Å². The van der Waals surface area contributed by atoms with Crippen LogP contribution >= 0.6 is 31.9 Å². The summed E-state index contributed by atoms with van der Waals surface area (Å²) in [5, 5.41) is 0. The average molecular weight is 334 g/mol. The van der Waals surface area contributed by atoms with Crippen LogP contribution in [0.5, 0.6) is 5.75 Å². The van der Waals surface area contributed by atoms with Gasteiger partial charge in [-0.25, -0.2) is 0 Å². The summed E-state index contributed by atoms with van der Waals surface area (Å²) < 4.78 is 6.74. The SMILES string of the molecule is CCOc1cc(Br)c2c(c1)C(Br)CCC2. The minimum atomic E-state index is 0.484. The fourth-order valence-corrected chi connectivity index (χ4v) is 3.42. The first-order valence-electron chi connectivity index (χ1n) is 5.31. The third-order valence-corrected chi connectivity index (χ3v) is 4.39. The molecule has 0 spiro atoms. The van der Waals surface area contributed by atoms with E-state index in [-0.39, 0.29) is 0 Å². The van der Waals surface area contributed by atoms with E-state index in [2.05, 4.69) is 44.0 Å². The van der Waals surface area contributed by atoms with Gasteiger partial charge in [0.2, 0.25) is 0 Å². The van der Waals surface area contributed by atoms with Crippen molar-refractivity contribution in [1.29, 1.82) is 0 Å². The van der Waals surface area contributed by atoms with Gasteiger partial charge in [-0.3, -0.25) is 0 Å². The van der Waals surface area contributed by atoms with E-state index in [0.29, 0.717) is 4.83 Å². The summed E-state index contributed by atoms with van der Waals surface area (Å²) in [7, 11) is 0. The Morgan fingerprint density at radius 2 is 2.27 bits per heavy atom. The molecule has 3 heteroatoms. The molecule has 82 valence electrons. The van der Waals surface area contributed by atoms with Gasteiger partial charge in [-0.15, -0.1) is 0 Å². The Balaban J connectivity index is 2.42. The highest BCUT2D eigenvalue weighted by Crippen LogP contribution is 2.41. The molecule has 1 aromatic carbocycles. The van der Waals surface area contributed by atoms with Gasteiger partial charge in [-0.2, -0.15) is 0 Å². The normalized spacial score (nSPS) is 19.8. The van der Waals surface area contributed by atoms with Crippen LogP contribution in [0.4, 0.5) is 0 Å². The molecule has 0 N–H and O–H groups in total. The number of halogens is 2. The molecule has 0 saturated carbocycles. The van der Waals surface area contributed by atoms with Gasteiger partial charge in [0.1, 0.15) is 5.75 Å². The second-order valence-corrected chi connectivity index (χ2v) is 5.73. The number of hydrogen-bond acceptors (Lipinski definition) is 1. The molecule has 0 aliphatic heterocycles. The van der Waals surface area contributed by atoms with Gasteiger partial charge in [0.25, 0.3) is 0 Å². The predicted molar refractivity (Wildman–Crippen MR) is 69.9 cm³/mol. The minimum Gasteiger partial charge on any atom is -0.494 e. The Morgan fingerprint density at radius 3 is 3.00 bits per heavy atom. The lowest BCUT2D eigenvalue weighted by molar-refractivity contribution is 0.339. The number of alkyl halides is 1. The standard InChI is InChI=1S/C12H14Br2O/c1-2-15-8-6-10-9(12(14)7-8)4-3-5-11(10)13/h6-7,11H,2-5H2,1H3. The summed E-state index contributed by atoms with van der Waals surface area (Å²) in [6, 6.07) is 4.25. The first kappa shape index (κ1) is 11.5. The molecule has 1 atom stereocenters. The fourth-order valence-electron chi connectivity index (χ4n) is 2.04. The molecule has 0 saturated heterocycles. The van der Waals surface area contributed by atoms with E-state index in [1.165, 1.54) is 34.9 Å². The first-order chi connectivity index (χ1) is 7.22. The average Bonchev–Trinajstić information content (AvgIpc) is 2.20. The Kier molecular flexibility index (Phi) is 3.73. The Morgan fingerprint density at radius 1 is 1.47 bits per heavy atom. The van der Waals surface area contributed by atoms with Crippen molar-refractivity contribution in [2.24, 2.45) is 0 Å². The van der Waals surface area contributed by atoms with E-state index >= 15 is 0 Å². The van der Waals surface area contributed by atoms with E-state index in [4.69, 9.17) is 4.74 Å². The van der Waals surface area contributed by atoms with Crippen LogP contribution in [-0.4, -0.2) is 6.61 Å². The summed E-state index contributed by atoms with van der Waals surface area (Å²) >= 11 is 7.36. The lowest BCUT2D eigenvalue weighted by Crippen LogP contribution is -2.06. The molecule has 0 aromatic heterocycles. The number of benzene rings is 1. The Hall–Kier alpha value is -0.0200. The molecular weight excluding hydrogens is 320 g/mol. The van der Waals surface area contributed by atoms with Gasteiger partial charge in [0, 0.05) is 9.30 Å². The maximum Gasteiger partial charge on any atom is 0.120 e. The summed E-state index contributed by atoms with van der Waals surface area (Å²) in [5.74, 6) is 0.967. The molecule has 0 bridgehead atoms. The molecule has 1 aliphatic carbocycles. The van der Waals surface area contributed by atoms with Crippen LogP contribution in [0.2, 0.25) is 0 Å². The monoisotopic (exact) mass is 332 g/mol. The van der Waals surface area contributed by atoms with Crippen LogP contribution < -0.4 is 4.74 Å². The van der Waals surface area contributed by atoms with Crippen LogP contribution in [0.25, 0.3) is 0 Å². The zero-order chi connectivity index (χ0) is 10.8. The fraction of sp³-hybridized carbons (Fsp3) is 0.500. The lowest BCUT2D eigenvalue weighted by atomic mass is 9.91. The van der Waals surface area contributed by atoms with Crippen LogP contribution in [0.1, 0.15) is 35.7 Å². The number of fused-ring (bicyclic) bond motifs is 1. The highest BCUT2D eigenvalue weighted by molar-refractivity contribution is 9.10. The van der Waals surface area contributed by atoms with Crippen LogP contribution in [-0.2, 0) is 6.42 Å². The molecule has 0 heterocycles. The van der Waals surface area contributed by atoms with Gasteiger partial charge in [-0.05, 0) is 49.4 Å². The largest absolute Gasteiger partial charge is 0.494 e. The van der Waals surface area contributed by atoms with Crippen molar-refractivity contribution < 1.29 is 4.74 Å². The topological polar surface area (TPSA) is 9.23 Å². The Bertz CT molecular complexity index is 363. The van der Waals surface area contributed by atoms with Crippen molar-refractivity contribution in [3.63, 3.8) is 0 Å². The maximum absolute atomic E-state index is 5.55. The zero-order valence-corrected chi connectivity index (χ0v) is 11.9. The smallest absolute Gasteiger partial charge is 0.120 e. The van der Waals surface area contributed by atoms with Crippen molar-refractivity contribution in [2.75, 3.05) is 6.61 Å². The third kappa shape index (κ3) is 2.39. The second-order valence-electron chi connectivity index (χ2n) is 3.77. The molecule has 15 heavy (non-hydrogen) atoms. The quantitative estimate of drug-likeness (QED) is 0.717. The van der Waals surface area contributed by atoms with Crippen molar-refractivity contribution in [3.05, 3.63) is 27.7 Å². The van der Waals surface area contributed by atoms with E-state index in [1.807, 2.05) is 6.92 Å². The van der Waals surface area contributed by atoms with Crippen molar-refractivity contribution in [3.8, 4) is 5.75 Å². The van der Waals surface area contributed by atoms with Crippen LogP contribution in [0, 0.1) is 0 Å². The molecule has 1 nitrogen and oxygen atoms in total. The summed E-state index contributed by atoms with van der Waals surface area (Å²) in [6.45, 7) is 2.73. The predicted octanol–water partition coefficient (Wildman–Crippen LogP) is 4.62. The molecule has 0 amide bonds. The number of hydrogen-bond donors (Lipinski definition) is 0. The molecule has 1 aliphatic rings. The van der Waals surface area contributed by atoms with Crippen LogP contribution in [0.15, 0.2) is 16.6 Å². The molecule has 2 rings (SSSR count). The lowest BCUT2D eigenvalue weighted by Gasteiger charge is -2.23. The van der Waals surface area contributed by atoms with Gasteiger partial charge >= 0.3 is 0 Å². The number of ether oxygens (including phenoxy) is 1. The van der Waals surface area contributed by atoms with Crippen molar-refractivity contribution in [1.82, 2.24) is 0 Å². The summed E-state index contributed by atoms with van der Waals surface area (Å²) in [6.07, 6.45) is 3.65. The molecule has 1 aromatic rings.